The molecule has 0 heterocycles. The number of rotatable bonds is 7. The predicted octanol–water partition coefficient (Wildman–Crippen LogP) is 11.8. The molecule has 0 saturated heterocycles. The Hall–Kier alpha value is -4.31. The number of carbonyl (C=O) groups is 1. The van der Waals surface area contributed by atoms with E-state index in [0.717, 1.165) is 59.0 Å². The molecule has 0 aliphatic rings. The van der Waals surface area contributed by atoms with E-state index >= 15 is 0 Å². The largest absolute Gasteiger partial charge is 0.289 e. The van der Waals surface area contributed by atoms with Gasteiger partial charge in [-0.3, -0.25) is 4.79 Å². The van der Waals surface area contributed by atoms with Crippen molar-refractivity contribution in [2.75, 3.05) is 0 Å². The first kappa shape index (κ1) is 27.8. The van der Waals surface area contributed by atoms with E-state index in [1.54, 1.807) is 6.08 Å². The van der Waals surface area contributed by atoms with E-state index in [2.05, 4.69) is 129 Å². The second-order valence-corrected chi connectivity index (χ2v) is 11.5. The van der Waals surface area contributed by atoms with E-state index in [4.69, 9.17) is 0 Å². The van der Waals surface area contributed by atoms with E-state index in [-0.39, 0.29) is 5.78 Å². The van der Waals surface area contributed by atoms with Gasteiger partial charge in [-0.25, -0.2) is 0 Å². The Morgan fingerprint density at radius 2 is 0.833 bits per heavy atom. The molecule has 3 heteroatoms. The van der Waals surface area contributed by atoms with Gasteiger partial charge in [-0.1, -0.05) is 149 Å². The number of carbonyl (C=O) groups excluding carboxylic acids is 1. The van der Waals surface area contributed by atoms with Gasteiger partial charge < -0.3 is 0 Å². The second-order valence-electron chi connectivity index (χ2n) is 9.87. The number of benzene rings is 6. The van der Waals surface area contributed by atoms with Gasteiger partial charge in [0, 0.05) is 20.1 Å². The van der Waals surface area contributed by atoms with Crippen LogP contribution in [0.15, 0.2) is 161 Å². The number of halogens is 2. The summed E-state index contributed by atoms with van der Waals surface area (Å²) in [6.07, 6.45) is 3.64. The van der Waals surface area contributed by atoms with Gasteiger partial charge in [0.05, 0.1) is 0 Å². The van der Waals surface area contributed by atoms with E-state index in [1.165, 1.54) is 0 Å². The molecular weight excluding hydrogens is 644 g/mol. The topological polar surface area (TPSA) is 17.1 Å². The van der Waals surface area contributed by atoms with Crippen molar-refractivity contribution in [3.8, 4) is 44.5 Å². The monoisotopic (exact) mass is 668 g/mol. The Morgan fingerprint density at radius 1 is 0.452 bits per heavy atom. The van der Waals surface area contributed by atoms with Crippen LogP contribution in [0.4, 0.5) is 0 Å². The third-order valence-electron chi connectivity index (χ3n) is 7.27. The first-order valence-electron chi connectivity index (χ1n) is 13.7. The van der Waals surface area contributed by atoms with E-state index in [0.29, 0.717) is 5.56 Å². The van der Waals surface area contributed by atoms with Crippen LogP contribution in [-0.4, -0.2) is 5.78 Å². The van der Waals surface area contributed by atoms with Gasteiger partial charge in [-0.15, -0.1) is 0 Å². The molecule has 0 amide bonds. The standard InChI is InChI=1S/C39H26Br2O/c40-33-24-14-13-23-31(33)34(42)26-25-32-35(27-15-5-1-6-16-27)36(28-17-7-2-8-18-28)37(29-19-9-3-10-20-29)38(39(32)41)30-21-11-4-12-22-30/h1-26H/b26-25+. The molecule has 0 spiro atoms. The van der Waals surface area contributed by atoms with Crippen molar-refractivity contribution < 1.29 is 4.79 Å². The van der Waals surface area contributed by atoms with Crippen LogP contribution in [0.25, 0.3) is 50.6 Å². The van der Waals surface area contributed by atoms with Crippen molar-refractivity contribution in [2.24, 2.45) is 0 Å². The van der Waals surface area contributed by atoms with Gasteiger partial charge in [0.15, 0.2) is 5.78 Å². The Kier molecular flexibility index (Phi) is 8.41. The molecule has 1 nitrogen and oxygen atoms in total. The molecule has 0 fully saturated rings. The van der Waals surface area contributed by atoms with Gasteiger partial charge in [-0.05, 0) is 84.7 Å². The van der Waals surface area contributed by atoms with E-state index in [1.807, 2.05) is 54.6 Å². The summed E-state index contributed by atoms with van der Waals surface area (Å²) in [5, 5.41) is 0. The summed E-state index contributed by atoms with van der Waals surface area (Å²) in [7, 11) is 0. The summed E-state index contributed by atoms with van der Waals surface area (Å²) in [4.78, 5) is 13.5. The molecule has 6 aromatic carbocycles. The number of ketones is 1. The summed E-state index contributed by atoms with van der Waals surface area (Å²) >= 11 is 7.61. The van der Waals surface area contributed by atoms with Gasteiger partial charge in [-0.2, -0.15) is 0 Å². The minimum atomic E-state index is -0.0666. The maximum atomic E-state index is 13.5. The molecule has 0 saturated carbocycles. The zero-order chi connectivity index (χ0) is 28.9. The summed E-state index contributed by atoms with van der Waals surface area (Å²) in [6.45, 7) is 0. The second kappa shape index (κ2) is 12.7. The summed E-state index contributed by atoms with van der Waals surface area (Å²) in [6, 6.07) is 49.5. The average molecular weight is 670 g/mol. The summed E-state index contributed by atoms with van der Waals surface area (Å²) in [5.74, 6) is -0.0666. The van der Waals surface area contributed by atoms with Gasteiger partial charge in [0.1, 0.15) is 0 Å². The SMILES string of the molecule is O=C(/C=C/c1c(Br)c(-c2ccccc2)c(-c2ccccc2)c(-c2ccccc2)c1-c1ccccc1)c1ccccc1Br. The Morgan fingerprint density at radius 3 is 1.31 bits per heavy atom. The van der Waals surface area contributed by atoms with Crippen molar-refractivity contribution >= 4 is 43.7 Å². The van der Waals surface area contributed by atoms with Crippen LogP contribution >= 0.6 is 31.9 Å². The molecule has 42 heavy (non-hydrogen) atoms. The fourth-order valence-corrected chi connectivity index (χ4v) is 6.61. The molecule has 6 rings (SSSR count). The molecule has 6 aromatic rings. The van der Waals surface area contributed by atoms with Crippen LogP contribution in [0, 0.1) is 0 Å². The fraction of sp³-hybridized carbons (Fsp3) is 0. The van der Waals surface area contributed by atoms with E-state index in [9.17, 15) is 4.79 Å². The van der Waals surface area contributed by atoms with E-state index < -0.39 is 0 Å². The normalized spacial score (nSPS) is 11.1. The van der Waals surface area contributed by atoms with Gasteiger partial charge in [0.25, 0.3) is 0 Å². The van der Waals surface area contributed by atoms with Crippen molar-refractivity contribution in [2.45, 2.75) is 0 Å². The Bertz CT molecular complexity index is 1880. The molecule has 0 unspecified atom stereocenters. The Balaban J connectivity index is 1.76. The summed E-state index contributed by atoms with van der Waals surface area (Å²) < 4.78 is 1.71. The number of hydrogen-bond acceptors (Lipinski definition) is 1. The van der Waals surface area contributed by atoms with Crippen LogP contribution in [-0.2, 0) is 0 Å². The smallest absolute Gasteiger partial charge is 0.186 e. The maximum absolute atomic E-state index is 13.5. The lowest BCUT2D eigenvalue weighted by Crippen LogP contribution is -2.00. The molecule has 202 valence electrons. The molecule has 0 aliphatic carbocycles. The third-order valence-corrected chi connectivity index (χ3v) is 8.78. The van der Waals surface area contributed by atoms with Crippen molar-refractivity contribution in [3.05, 3.63) is 172 Å². The number of allylic oxidation sites excluding steroid dienone is 1. The maximum Gasteiger partial charge on any atom is 0.186 e. The Labute approximate surface area is 263 Å². The van der Waals surface area contributed by atoms with Crippen LogP contribution in [0.2, 0.25) is 0 Å². The van der Waals surface area contributed by atoms with Crippen molar-refractivity contribution in [1.29, 1.82) is 0 Å². The lowest BCUT2D eigenvalue weighted by Gasteiger charge is -2.25. The highest BCUT2D eigenvalue weighted by Crippen LogP contribution is 2.51. The average Bonchev–Trinajstić information content (AvgIpc) is 3.05. The summed E-state index contributed by atoms with van der Waals surface area (Å²) in [5.41, 5.74) is 10.3. The van der Waals surface area contributed by atoms with Crippen molar-refractivity contribution in [1.82, 2.24) is 0 Å². The molecule has 0 N–H and O–H groups in total. The minimum absolute atomic E-state index is 0.0666. The number of hydrogen-bond donors (Lipinski definition) is 0. The van der Waals surface area contributed by atoms with Crippen LogP contribution < -0.4 is 0 Å². The van der Waals surface area contributed by atoms with Crippen LogP contribution in [0.3, 0.4) is 0 Å². The van der Waals surface area contributed by atoms with Crippen LogP contribution in [0.5, 0.6) is 0 Å². The molecular formula is C39H26Br2O. The highest BCUT2D eigenvalue weighted by Gasteiger charge is 2.25. The minimum Gasteiger partial charge on any atom is -0.289 e. The van der Waals surface area contributed by atoms with Gasteiger partial charge >= 0.3 is 0 Å². The highest BCUT2D eigenvalue weighted by atomic mass is 79.9. The zero-order valence-corrected chi connectivity index (χ0v) is 25.8. The fourth-order valence-electron chi connectivity index (χ4n) is 5.37. The highest BCUT2D eigenvalue weighted by molar-refractivity contribution is 9.11. The molecule has 0 aliphatic heterocycles. The lowest BCUT2D eigenvalue weighted by molar-refractivity contribution is 0.104. The van der Waals surface area contributed by atoms with Crippen LogP contribution in [0.1, 0.15) is 15.9 Å². The lowest BCUT2D eigenvalue weighted by atomic mass is 9.80. The molecule has 0 aromatic heterocycles. The molecule has 0 atom stereocenters. The third kappa shape index (κ3) is 5.59. The van der Waals surface area contributed by atoms with Crippen molar-refractivity contribution in [3.63, 3.8) is 0 Å². The van der Waals surface area contributed by atoms with Gasteiger partial charge in [0.2, 0.25) is 0 Å². The predicted molar refractivity (Wildman–Crippen MR) is 183 cm³/mol. The zero-order valence-electron chi connectivity index (χ0n) is 22.7. The first-order chi connectivity index (χ1) is 20.6. The molecule has 0 bridgehead atoms. The quantitative estimate of drug-likeness (QED) is 0.122. The molecule has 0 radical (unpaired) electrons. The first-order valence-corrected chi connectivity index (χ1v) is 15.3.